The van der Waals surface area contributed by atoms with Crippen LogP contribution in [0.3, 0.4) is 0 Å². The molecule has 0 spiro atoms. The molecule has 0 unspecified atom stereocenters. The molecule has 2 heterocycles. The molecule has 0 amide bonds. The largest absolute Gasteiger partial charge is 0.496 e. The van der Waals surface area contributed by atoms with Gasteiger partial charge in [-0.15, -0.1) is 0 Å². The van der Waals surface area contributed by atoms with E-state index in [0.29, 0.717) is 13.0 Å². The molecule has 0 aromatic heterocycles. The van der Waals surface area contributed by atoms with Crippen molar-refractivity contribution in [2.24, 2.45) is 0 Å². The van der Waals surface area contributed by atoms with E-state index in [1.165, 1.54) is 0 Å². The van der Waals surface area contributed by atoms with Gasteiger partial charge in [0.2, 0.25) is 0 Å². The van der Waals surface area contributed by atoms with Crippen LogP contribution in [0.5, 0.6) is 11.5 Å². The van der Waals surface area contributed by atoms with E-state index in [9.17, 15) is 0 Å². The number of methoxy groups -OCH3 is 2. The highest BCUT2D eigenvalue weighted by Gasteiger charge is 2.47. The van der Waals surface area contributed by atoms with E-state index in [0.717, 1.165) is 33.4 Å². The molecule has 1 saturated heterocycles. The van der Waals surface area contributed by atoms with Crippen molar-refractivity contribution in [1.29, 1.82) is 0 Å². The lowest BCUT2D eigenvalue weighted by atomic mass is 9.89. The van der Waals surface area contributed by atoms with Crippen molar-refractivity contribution in [2.75, 3.05) is 20.8 Å². The van der Waals surface area contributed by atoms with Crippen LogP contribution in [0, 0.1) is 0 Å². The number of hydrogen-bond acceptors (Lipinski definition) is 4. The fourth-order valence-corrected chi connectivity index (χ4v) is 3.59. The molecule has 0 saturated carbocycles. The molecule has 2 aliphatic rings. The number of rotatable bonds is 2. The summed E-state index contributed by atoms with van der Waals surface area (Å²) in [5.74, 6) is 1.23. The maximum Gasteiger partial charge on any atom is 0.170 e. The lowest BCUT2D eigenvalue weighted by Gasteiger charge is -2.32. The minimum Gasteiger partial charge on any atom is -0.496 e. The first-order valence-electron chi connectivity index (χ1n) is 7.14. The van der Waals surface area contributed by atoms with Crippen LogP contribution in [0.1, 0.15) is 24.2 Å². The second kappa shape index (κ2) is 4.36. The molecule has 4 rings (SSSR count). The average Bonchev–Trinajstić information content (AvgIpc) is 2.81. The van der Waals surface area contributed by atoms with Crippen molar-refractivity contribution in [3.05, 3.63) is 35.4 Å². The Labute approximate surface area is 123 Å². The summed E-state index contributed by atoms with van der Waals surface area (Å²) in [4.78, 5) is 0. The van der Waals surface area contributed by atoms with Gasteiger partial charge < -0.3 is 18.9 Å². The molecule has 4 nitrogen and oxygen atoms in total. The third kappa shape index (κ3) is 1.69. The SMILES string of the molecule is COc1c2c(c(OC)c3ccccc13)[C@@H]1CO[C@](C)(C2)O1. The van der Waals surface area contributed by atoms with Gasteiger partial charge in [0.05, 0.1) is 20.8 Å². The van der Waals surface area contributed by atoms with Gasteiger partial charge in [0.25, 0.3) is 0 Å². The smallest absolute Gasteiger partial charge is 0.170 e. The molecule has 110 valence electrons. The Morgan fingerprint density at radius 3 is 2.43 bits per heavy atom. The Bertz CT molecular complexity index is 724. The van der Waals surface area contributed by atoms with Gasteiger partial charge in [-0.25, -0.2) is 0 Å². The van der Waals surface area contributed by atoms with Crippen molar-refractivity contribution in [3.8, 4) is 11.5 Å². The van der Waals surface area contributed by atoms with E-state index in [-0.39, 0.29) is 6.10 Å². The number of hydrogen-bond donors (Lipinski definition) is 0. The fraction of sp³-hybridized carbons (Fsp3) is 0.412. The average molecular weight is 286 g/mol. The summed E-state index contributed by atoms with van der Waals surface area (Å²) in [5.41, 5.74) is 2.22. The molecular weight excluding hydrogens is 268 g/mol. The first-order valence-corrected chi connectivity index (χ1v) is 7.14. The van der Waals surface area contributed by atoms with Gasteiger partial charge in [-0.2, -0.15) is 0 Å². The van der Waals surface area contributed by atoms with Crippen LogP contribution >= 0.6 is 0 Å². The number of benzene rings is 2. The predicted octanol–water partition coefficient (Wildman–Crippen LogP) is 3.22. The van der Waals surface area contributed by atoms with Crippen molar-refractivity contribution < 1.29 is 18.9 Å². The Hall–Kier alpha value is -1.78. The molecule has 2 bridgehead atoms. The normalized spacial score (nSPS) is 26.7. The summed E-state index contributed by atoms with van der Waals surface area (Å²) >= 11 is 0. The summed E-state index contributed by atoms with van der Waals surface area (Å²) < 4.78 is 23.3. The molecule has 2 aromatic carbocycles. The zero-order valence-corrected chi connectivity index (χ0v) is 12.4. The maximum absolute atomic E-state index is 6.04. The second-order valence-electron chi connectivity index (χ2n) is 5.73. The van der Waals surface area contributed by atoms with Crippen LogP contribution in [-0.4, -0.2) is 26.6 Å². The Balaban J connectivity index is 2.11. The van der Waals surface area contributed by atoms with Crippen LogP contribution in [0.15, 0.2) is 24.3 Å². The van der Waals surface area contributed by atoms with Crippen molar-refractivity contribution in [2.45, 2.75) is 25.2 Å². The first kappa shape index (κ1) is 12.9. The minimum atomic E-state index is -0.557. The zero-order valence-electron chi connectivity index (χ0n) is 12.4. The van der Waals surface area contributed by atoms with E-state index >= 15 is 0 Å². The molecule has 21 heavy (non-hydrogen) atoms. The second-order valence-corrected chi connectivity index (χ2v) is 5.73. The maximum atomic E-state index is 6.04. The molecule has 4 heteroatoms. The van der Waals surface area contributed by atoms with Crippen molar-refractivity contribution in [1.82, 2.24) is 0 Å². The van der Waals surface area contributed by atoms with E-state index < -0.39 is 5.79 Å². The molecule has 1 fully saturated rings. The zero-order chi connectivity index (χ0) is 14.6. The lowest BCUT2D eigenvalue weighted by Crippen LogP contribution is -2.32. The van der Waals surface area contributed by atoms with Crippen LogP contribution in [0.4, 0.5) is 0 Å². The predicted molar refractivity (Wildman–Crippen MR) is 78.9 cm³/mol. The van der Waals surface area contributed by atoms with Crippen molar-refractivity contribution >= 4 is 10.8 Å². The highest BCUT2D eigenvalue weighted by molar-refractivity contribution is 5.96. The van der Waals surface area contributed by atoms with Crippen molar-refractivity contribution in [3.63, 3.8) is 0 Å². The molecule has 0 N–H and O–H groups in total. The summed E-state index contributed by atoms with van der Waals surface area (Å²) in [6.45, 7) is 2.54. The van der Waals surface area contributed by atoms with E-state index in [2.05, 4.69) is 12.1 Å². The van der Waals surface area contributed by atoms with Crippen LogP contribution in [0.25, 0.3) is 10.8 Å². The molecule has 0 radical (unpaired) electrons. The quantitative estimate of drug-likeness (QED) is 0.849. The van der Waals surface area contributed by atoms with Gasteiger partial charge in [-0.1, -0.05) is 24.3 Å². The van der Waals surface area contributed by atoms with Gasteiger partial charge in [0.1, 0.15) is 17.6 Å². The highest BCUT2D eigenvalue weighted by atomic mass is 16.7. The van der Waals surface area contributed by atoms with Crippen LogP contribution in [-0.2, 0) is 15.9 Å². The van der Waals surface area contributed by atoms with Gasteiger partial charge in [-0.3, -0.25) is 0 Å². The summed E-state index contributed by atoms with van der Waals surface area (Å²) in [6, 6.07) is 8.15. The first-order chi connectivity index (χ1) is 10.2. The van der Waals surface area contributed by atoms with Gasteiger partial charge >= 0.3 is 0 Å². The van der Waals surface area contributed by atoms with Gasteiger partial charge in [0, 0.05) is 28.3 Å². The monoisotopic (exact) mass is 286 g/mol. The Morgan fingerprint density at radius 1 is 1.10 bits per heavy atom. The topological polar surface area (TPSA) is 36.9 Å². The third-order valence-corrected chi connectivity index (χ3v) is 4.42. The van der Waals surface area contributed by atoms with Crippen LogP contribution < -0.4 is 9.47 Å². The number of fused-ring (bicyclic) bond motifs is 5. The molecule has 2 atom stereocenters. The summed E-state index contributed by atoms with van der Waals surface area (Å²) in [6.07, 6.45) is 0.579. The number of ether oxygens (including phenoxy) is 4. The standard InChI is InChI=1S/C17H18O4/c1-17-8-12-14(13(21-17)9-20-17)16(19-3)11-7-5-4-6-10(11)15(12)18-2/h4-7,13H,8-9H2,1-3H3/t13-,17-/m0/s1. The Morgan fingerprint density at radius 2 is 1.76 bits per heavy atom. The van der Waals surface area contributed by atoms with E-state index in [1.54, 1.807) is 14.2 Å². The lowest BCUT2D eigenvalue weighted by molar-refractivity contribution is -0.159. The summed E-state index contributed by atoms with van der Waals surface area (Å²) in [7, 11) is 3.42. The van der Waals surface area contributed by atoms with Gasteiger partial charge in [-0.05, 0) is 6.92 Å². The van der Waals surface area contributed by atoms with E-state index in [4.69, 9.17) is 18.9 Å². The molecule has 2 aliphatic heterocycles. The minimum absolute atomic E-state index is 0.0905. The highest BCUT2D eigenvalue weighted by Crippen LogP contribution is 2.52. The summed E-state index contributed by atoms with van der Waals surface area (Å²) in [5, 5.41) is 2.12. The molecular formula is C17H18O4. The van der Waals surface area contributed by atoms with Gasteiger partial charge in [0.15, 0.2) is 5.79 Å². The fourth-order valence-electron chi connectivity index (χ4n) is 3.59. The van der Waals surface area contributed by atoms with E-state index in [1.807, 2.05) is 19.1 Å². The molecule has 2 aromatic rings. The Kier molecular flexibility index (Phi) is 2.68. The van der Waals surface area contributed by atoms with Crippen LogP contribution in [0.2, 0.25) is 0 Å². The third-order valence-electron chi connectivity index (χ3n) is 4.42. The molecule has 0 aliphatic carbocycles.